The minimum absolute atomic E-state index is 0.00772. The van der Waals surface area contributed by atoms with Crippen LogP contribution in [0.15, 0.2) is 84.0 Å². The van der Waals surface area contributed by atoms with Crippen LogP contribution in [0, 0.1) is 0 Å². The molecule has 0 unspecified atom stereocenters. The molecule has 0 saturated heterocycles. The van der Waals surface area contributed by atoms with E-state index in [4.69, 9.17) is 16.3 Å². The highest BCUT2D eigenvalue weighted by Crippen LogP contribution is 2.24. The minimum atomic E-state index is 0.00772. The topological polar surface area (TPSA) is 69.0 Å². The summed E-state index contributed by atoms with van der Waals surface area (Å²) in [6, 6.07) is 24.6. The number of thioether (sulfide) groups is 1. The maximum absolute atomic E-state index is 12.6. The van der Waals surface area contributed by atoms with Crippen molar-refractivity contribution in [3.8, 4) is 11.4 Å². The summed E-state index contributed by atoms with van der Waals surface area (Å²) in [7, 11) is 0. The van der Waals surface area contributed by atoms with E-state index in [1.54, 1.807) is 24.3 Å². The van der Waals surface area contributed by atoms with E-state index in [0.29, 0.717) is 28.9 Å². The number of hydrogen-bond acceptors (Lipinski definition) is 6. The third-order valence-electron chi connectivity index (χ3n) is 4.83. The molecule has 168 valence electrons. The Balaban J connectivity index is 1.50. The average Bonchev–Trinajstić information content (AvgIpc) is 3.26. The summed E-state index contributed by atoms with van der Waals surface area (Å²) in [5.74, 6) is 1.84. The van der Waals surface area contributed by atoms with Gasteiger partial charge in [0, 0.05) is 22.0 Å². The van der Waals surface area contributed by atoms with E-state index >= 15 is 0 Å². The van der Waals surface area contributed by atoms with E-state index in [9.17, 15) is 4.79 Å². The molecule has 1 N–H and O–H groups in total. The van der Waals surface area contributed by atoms with Crippen molar-refractivity contribution in [1.29, 1.82) is 0 Å². The van der Waals surface area contributed by atoms with Crippen LogP contribution in [0.3, 0.4) is 0 Å². The number of anilines is 1. The van der Waals surface area contributed by atoms with Crippen molar-refractivity contribution in [1.82, 2.24) is 14.8 Å². The zero-order valence-electron chi connectivity index (χ0n) is 18.1. The first-order valence-corrected chi connectivity index (χ1v) is 11.9. The van der Waals surface area contributed by atoms with Gasteiger partial charge in [0.05, 0.1) is 18.9 Å². The van der Waals surface area contributed by atoms with Crippen LogP contribution in [-0.2, 0) is 6.54 Å². The average molecular weight is 479 g/mol. The minimum Gasteiger partial charge on any atom is -0.494 e. The second kappa shape index (κ2) is 11.0. The highest BCUT2D eigenvalue weighted by atomic mass is 35.5. The molecule has 3 aromatic carbocycles. The van der Waals surface area contributed by atoms with E-state index < -0.39 is 0 Å². The summed E-state index contributed by atoms with van der Waals surface area (Å²) < 4.78 is 7.47. The van der Waals surface area contributed by atoms with Crippen molar-refractivity contribution in [2.24, 2.45) is 0 Å². The molecule has 4 rings (SSSR count). The van der Waals surface area contributed by atoms with Gasteiger partial charge in [-0.2, -0.15) is 0 Å². The molecule has 0 radical (unpaired) electrons. The van der Waals surface area contributed by atoms with Crippen molar-refractivity contribution < 1.29 is 9.53 Å². The first-order chi connectivity index (χ1) is 16.1. The lowest BCUT2D eigenvalue weighted by atomic mass is 10.1. The van der Waals surface area contributed by atoms with Gasteiger partial charge in [-0.05, 0) is 67.6 Å². The number of para-hydroxylation sites is 1. The van der Waals surface area contributed by atoms with Crippen LogP contribution in [0.5, 0.6) is 5.75 Å². The Morgan fingerprint density at radius 3 is 2.42 bits per heavy atom. The summed E-state index contributed by atoms with van der Waals surface area (Å²) in [5.41, 5.74) is 2.51. The van der Waals surface area contributed by atoms with E-state index in [1.165, 1.54) is 11.8 Å². The first-order valence-electron chi connectivity index (χ1n) is 10.5. The van der Waals surface area contributed by atoms with Gasteiger partial charge in [-0.25, -0.2) is 0 Å². The molecule has 6 nitrogen and oxygen atoms in total. The number of carbonyl (C=O) groups excluding carboxylic acids is 1. The van der Waals surface area contributed by atoms with Gasteiger partial charge in [-0.3, -0.25) is 9.36 Å². The fourth-order valence-electron chi connectivity index (χ4n) is 3.21. The molecule has 0 fully saturated rings. The second-order valence-electron chi connectivity index (χ2n) is 7.10. The fraction of sp³-hybridized carbons (Fsp3) is 0.160. The Hall–Kier alpha value is -3.29. The van der Waals surface area contributed by atoms with Crippen LogP contribution in [0.25, 0.3) is 5.69 Å². The lowest BCUT2D eigenvalue weighted by Gasteiger charge is -2.12. The molecule has 0 bridgehead atoms. The number of halogens is 1. The number of benzene rings is 3. The van der Waals surface area contributed by atoms with Gasteiger partial charge in [0.2, 0.25) is 0 Å². The molecule has 0 aliphatic heterocycles. The first kappa shape index (κ1) is 22.9. The third-order valence-corrected chi connectivity index (χ3v) is 6.01. The van der Waals surface area contributed by atoms with Crippen LogP contribution in [0.1, 0.15) is 23.1 Å². The zero-order valence-corrected chi connectivity index (χ0v) is 19.6. The van der Waals surface area contributed by atoms with Crippen molar-refractivity contribution in [3.63, 3.8) is 0 Å². The largest absolute Gasteiger partial charge is 0.494 e. The fourth-order valence-corrected chi connectivity index (χ4v) is 4.20. The Morgan fingerprint density at radius 1 is 1.00 bits per heavy atom. The highest BCUT2D eigenvalue weighted by Gasteiger charge is 2.16. The Morgan fingerprint density at radius 2 is 1.73 bits per heavy atom. The number of aromatic nitrogens is 3. The van der Waals surface area contributed by atoms with Crippen LogP contribution in [0.4, 0.5) is 5.69 Å². The molecule has 0 saturated carbocycles. The van der Waals surface area contributed by atoms with Gasteiger partial charge >= 0.3 is 0 Å². The molecule has 0 spiro atoms. The number of nitrogens with one attached hydrogen (secondary N) is 1. The van der Waals surface area contributed by atoms with Crippen LogP contribution in [0.2, 0.25) is 5.02 Å². The monoisotopic (exact) mass is 478 g/mol. The number of Topliss-reactive ketones (excluding diaryl/α,β-unsaturated/α-hetero) is 1. The van der Waals surface area contributed by atoms with Gasteiger partial charge in [0.25, 0.3) is 0 Å². The SMILES string of the molecule is CCOc1ccc(NCc2nnc(SCC(=O)c3ccc(Cl)cc3)n2-c2ccccc2)cc1. The van der Waals surface area contributed by atoms with Crippen molar-refractivity contribution in [3.05, 3.63) is 95.3 Å². The molecular formula is C25H23ClN4O2S. The van der Waals surface area contributed by atoms with Gasteiger partial charge in [0.15, 0.2) is 16.8 Å². The molecule has 0 aliphatic carbocycles. The molecular weight excluding hydrogens is 456 g/mol. The summed E-state index contributed by atoms with van der Waals surface area (Å²) in [5, 5.41) is 13.4. The smallest absolute Gasteiger partial charge is 0.196 e. The van der Waals surface area contributed by atoms with Crippen molar-refractivity contribution in [2.75, 3.05) is 17.7 Å². The Kier molecular flexibility index (Phi) is 7.65. The normalized spacial score (nSPS) is 10.7. The van der Waals surface area contributed by atoms with Gasteiger partial charge < -0.3 is 10.1 Å². The molecule has 33 heavy (non-hydrogen) atoms. The summed E-state index contributed by atoms with van der Waals surface area (Å²) >= 11 is 7.29. The molecule has 0 atom stereocenters. The van der Waals surface area contributed by atoms with E-state index in [1.807, 2.05) is 66.1 Å². The number of nitrogens with zero attached hydrogens (tertiary/aromatic N) is 3. The maximum atomic E-state index is 12.6. The summed E-state index contributed by atoms with van der Waals surface area (Å²) in [6.45, 7) is 3.07. The summed E-state index contributed by atoms with van der Waals surface area (Å²) in [4.78, 5) is 12.6. The van der Waals surface area contributed by atoms with Gasteiger partial charge in [0.1, 0.15) is 5.75 Å². The summed E-state index contributed by atoms with van der Waals surface area (Å²) in [6.07, 6.45) is 0. The number of carbonyl (C=O) groups is 1. The van der Waals surface area contributed by atoms with Crippen molar-refractivity contribution in [2.45, 2.75) is 18.6 Å². The number of rotatable bonds is 10. The Bertz CT molecular complexity index is 1200. The third kappa shape index (κ3) is 5.94. The number of ketones is 1. The van der Waals surface area contributed by atoms with Crippen LogP contribution >= 0.6 is 23.4 Å². The standard InChI is InChI=1S/C25H23ClN4O2S/c1-2-32-22-14-12-20(13-15-22)27-16-24-28-29-25(30(24)21-6-4-3-5-7-21)33-17-23(31)18-8-10-19(26)11-9-18/h3-15,27H,2,16-17H2,1H3. The van der Waals surface area contributed by atoms with E-state index in [0.717, 1.165) is 22.9 Å². The van der Waals surface area contributed by atoms with Crippen LogP contribution < -0.4 is 10.1 Å². The quantitative estimate of drug-likeness (QED) is 0.226. The predicted molar refractivity (Wildman–Crippen MR) is 133 cm³/mol. The maximum Gasteiger partial charge on any atom is 0.196 e. The molecule has 0 amide bonds. The van der Waals surface area contributed by atoms with Crippen molar-refractivity contribution >= 4 is 34.8 Å². The van der Waals surface area contributed by atoms with Gasteiger partial charge in [-0.1, -0.05) is 41.6 Å². The number of hydrogen-bond donors (Lipinski definition) is 1. The van der Waals surface area contributed by atoms with Crippen LogP contribution in [-0.4, -0.2) is 32.9 Å². The molecule has 8 heteroatoms. The number of ether oxygens (including phenoxy) is 1. The molecule has 1 heterocycles. The van der Waals surface area contributed by atoms with Gasteiger partial charge in [-0.15, -0.1) is 10.2 Å². The zero-order chi connectivity index (χ0) is 23.0. The lowest BCUT2D eigenvalue weighted by Crippen LogP contribution is -2.09. The van der Waals surface area contributed by atoms with E-state index in [-0.39, 0.29) is 11.5 Å². The molecule has 4 aromatic rings. The second-order valence-corrected chi connectivity index (χ2v) is 8.48. The lowest BCUT2D eigenvalue weighted by molar-refractivity contribution is 0.102. The Labute approximate surface area is 202 Å². The van der Waals surface area contributed by atoms with E-state index in [2.05, 4.69) is 15.5 Å². The molecule has 1 aromatic heterocycles. The highest BCUT2D eigenvalue weighted by molar-refractivity contribution is 7.99. The molecule has 0 aliphatic rings. The predicted octanol–water partition coefficient (Wildman–Crippen LogP) is 5.91.